The minimum atomic E-state index is -3.56. The second kappa shape index (κ2) is 8.74. The molecule has 1 heterocycles. The topological polar surface area (TPSA) is 101 Å². The lowest BCUT2D eigenvalue weighted by molar-refractivity contribution is 0.263. The highest BCUT2D eigenvalue weighted by Gasteiger charge is 2.15. The van der Waals surface area contributed by atoms with Gasteiger partial charge in [0.25, 0.3) is 16.2 Å². The third kappa shape index (κ3) is 5.60. The maximum atomic E-state index is 11.8. The van der Waals surface area contributed by atoms with Gasteiger partial charge >= 0.3 is 0 Å². The second-order valence-electron chi connectivity index (χ2n) is 5.74. The van der Waals surface area contributed by atoms with Crippen LogP contribution < -0.4 is 19.5 Å². The summed E-state index contributed by atoms with van der Waals surface area (Å²) in [6.07, 6.45) is 0. The molecule has 8 nitrogen and oxygen atoms in total. The van der Waals surface area contributed by atoms with E-state index in [1.165, 1.54) is 0 Å². The molecule has 3 N–H and O–H groups in total. The third-order valence-electron chi connectivity index (χ3n) is 3.64. The fraction of sp³-hybridized carbons (Fsp3) is 0.278. The summed E-state index contributed by atoms with van der Waals surface area (Å²) in [6, 6.07) is 15.1. The van der Waals surface area contributed by atoms with E-state index in [4.69, 9.17) is 9.47 Å². The van der Waals surface area contributed by atoms with Crippen molar-refractivity contribution in [3.05, 3.63) is 54.1 Å². The molecule has 1 aliphatic heterocycles. The zero-order valence-electron chi connectivity index (χ0n) is 14.9. The van der Waals surface area contributed by atoms with Gasteiger partial charge in [-0.15, -0.1) is 0 Å². The van der Waals surface area contributed by atoms with E-state index in [1.54, 1.807) is 25.1 Å². The Labute approximate surface area is 158 Å². The Bertz CT molecular complexity index is 901. The minimum Gasteiger partial charge on any atom is -0.492 e. The standard InChI is InChI=1S/C18H22N4O4S/c1-2-20-27(23,24)22-15-8-9-17-14(12-15)13-26-18(21-17)19-10-11-25-16-6-4-3-5-7-16/h3-9,12,20,22H,2,10-11,13H2,1H3,(H,19,21). The van der Waals surface area contributed by atoms with Crippen LogP contribution in [0.15, 0.2) is 53.5 Å². The SMILES string of the molecule is CCNS(=O)(=O)Nc1ccc2c(c1)COC(NCCOc1ccccc1)=N2. The molecule has 9 heteroatoms. The van der Waals surface area contributed by atoms with Crippen molar-refractivity contribution in [1.82, 2.24) is 10.0 Å². The molecule has 1 aliphatic rings. The van der Waals surface area contributed by atoms with Gasteiger partial charge in [-0.25, -0.2) is 0 Å². The number of hydrogen-bond donors (Lipinski definition) is 3. The summed E-state index contributed by atoms with van der Waals surface area (Å²) in [6.45, 7) is 3.36. The van der Waals surface area contributed by atoms with Gasteiger partial charge in [-0.3, -0.25) is 4.72 Å². The highest BCUT2D eigenvalue weighted by atomic mass is 32.2. The first-order valence-corrected chi connectivity index (χ1v) is 10.1. The number of amidine groups is 1. The van der Waals surface area contributed by atoms with Gasteiger partial charge in [-0.2, -0.15) is 18.1 Å². The smallest absolute Gasteiger partial charge is 0.299 e. The van der Waals surface area contributed by atoms with Crippen molar-refractivity contribution in [3.63, 3.8) is 0 Å². The maximum Gasteiger partial charge on any atom is 0.299 e. The van der Waals surface area contributed by atoms with Gasteiger partial charge in [-0.05, 0) is 30.3 Å². The molecule has 0 amide bonds. The lowest BCUT2D eigenvalue weighted by Crippen LogP contribution is -2.31. The van der Waals surface area contributed by atoms with Gasteiger partial charge < -0.3 is 14.8 Å². The van der Waals surface area contributed by atoms with E-state index in [-0.39, 0.29) is 0 Å². The summed E-state index contributed by atoms with van der Waals surface area (Å²) < 4.78 is 39.6. The molecule has 0 saturated heterocycles. The molecule has 0 fully saturated rings. The number of aliphatic imine (C=N–C) groups is 1. The van der Waals surface area contributed by atoms with Gasteiger partial charge in [0.05, 0.1) is 17.9 Å². The van der Waals surface area contributed by atoms with E-state index < -0.39 is 10.2 Å². The number of ether oxygens (including phenoxy) is 2. The van der Waals surface area contributed by atoms with Crippen molar-refractivity contribution in [1.29, 1.82) is 0 Å². The monoisotopic (exact) mass is 390 g/mol. The molecule has 27 heavy (non-hydrogen) atoms. The first kappa shape index (κ1) is 19.0. The van der Waals surface area contributed by atoms with E-state index >= 15 is 0 Å². The predicted octanol–water partition coefficient (Wildman–Crippen LogP) is 2.14. The van der Waals surface area contributed by atoms with Crippen LogP contribution in [0.1, 0.15) is 12.5 Å². The molecule has 0 saturated carbocycles. The van der Waals surface area contributed by atoms with Gasteiger partial charge in [0.15, 0.2) is 0 Å². The number of hydrogen-bond acceptors (Lipinski definition) is 6. The highest BCUT2D eigenvalue weighted by molar-refractivity contribution is 7.90. The van der Waals surface area contributed by atoms with Crippen LogP contribution in [0.5, 0.6) is 5.75 Å². The molecule has 144 valence electrons. The molecule has 0 spiro atoms. The summed E-state index contributed by atoms with van der Waals surface area (Å²) in [4.78, 5) is 4.40. The van der Waals surface area contributed by atoms with Gasteiger partial charge in [-0.1, -0.05) is 25.1 Å². The van der Waals surface area contributed by atoms with Crippen LogP contribution in [0.2, 0.25) is 0 Å². The first-order valence-electron chi connectivity index (χ1n) is 8.59. The largest absolute Gasteiger partial charge is 0.492 e. The quantitative estimate of drug-likeness (QED) is 0.600. The highest BCUT2D eigenvalue weighted by Crippen LogP contribution is 2.27. The first-order chi connectivity index (χ1) is 13.1. The lowest BCUT2D eigenvalue weighted by Gasteiger charge is -2.19. The number of nitrogens with one attached hydrogen (secondary N) is 3. The van der Waals surface area contributed by atoms with Crippen molar-refractivity contribution in [2.24, 2.45) is 4.99 Å². The van der Waals surface area contributed by atoms with E-state index in [2.05, 4.69) is 19.8 Å². The van der Waals surface area contributed by atoms with Crippen LogP contribution in [0.4, 0.5) is 11.4 Å². The Morgan fingerprint density at radius 2 is 2.00 bits per heavy atom. The average molecular weight is 390 g/mol. The fourth-order valence-electron chi connectivity index (χ4n) is 2.48. The Balaban J connectivity index is 1.54. The number of anilines is 1. The van der Waals surface area contributed by atoms with Crippen LogP contribution >= 0.6 is 0 Å². The molecule has 3 rings (SSSR count). The predicted molar refractivity (Wildman–Crippen MR) is 104 cm³/mol. The Kier molecular flexibility index (Phi) is 6.15. The van der Waals surface area contributed by atoms with Crippen LogP contribution in [0.3, 0.4) is 0 Å². The molecule has 2 aromatic carbocycles. The van der Waals surface area contributed by atoms with Crippen LogP contribution in [-0.2, 0) is 21.6 Å². The molecular weight excluding hydrogens is 368 g/mol. The molecule has 2 aromatic rings. The van der Waals surface area contributed by atoms with Crippen molar-refractivity contribution < 1.29 is 17.9 Å². The lowest BCUT2D eigenvalue weighted by atomic mass is 10.1. The third-order valence-corrected chi connectivity index (χ3v) is 4.82. The normalized spacial score (nSPS) is 13.1. The van der Waals surface area contributed by atoms with E-state index in [0.29, 0.717) is 38.0 Å². The molecule has 0 atom stereocenters. The molecule has 0 radical (unpaired) electrons. The van der Waals surface area contributed by atoms with Gasteiger partial charge in [0.2, 0.25) is 0 Å². The average Bonchev–Trinajstić information content (AvgIpc) is 2.65. The summed E-state index contributed by atoms with van der Waals surface area (Å²) in [5, 5.41) is 3.08. The zero-order valence-corrected chi connectivity index (χ0v) is 15.8. The van der Waals surface area contributed by atoms with Crippen molar-refractivity contribution in [3.8, 4) is 5.75 Å². The van der Waals surface area contributed by atoms with E-state index in [9.17, 15) is 8.42 Å². The van der Waals surface area contributed by atoms with Crippen molar-refractivity contribution in [2.75, 3.05) is 24.4 Å². The number of nitrogens with zero attached hydrogens (tertiary/aromatic N) is 1. The van der Waals surface area contributed by atoms with Crippen LogP contribution in [-0.4, -0.2) is 34.1 Å². The number of fused-ring (bicyclic) bond motifs is 1. The number of rotatable bonds is 8. The summed E-state index contributed by atoms with van der Waals surface area (Å²) in [5.41, 5.74) is 2.00. The Hall–Kier alpha value is -2.78. The van der Waals surface area contributed by atoms with Crippen molar-refractivity contribution >= 4 is 27.6 Å². The zero-order chi connectivity index (χ0) is 19.1. The van der Waals surface area contributed by atoms with E-state index in [1.807, 2.05) is 30.3 Å². The molecule has 0 aliphatic carbocycles. The van der Waals surface area contributed by atoms with Crippen LogP contribution in [0.25, 0.3) is 0 Å². The summed E-state index contributed by atoms with van der Waals surface area (Å²) >= 11 is 0. The molecule has 0 unspecified atom stereocenters. The minimum absolute atomic E-state index is 0.303. The van der Waals surface area contributed by atoms with Crippen molar-refractivity contribution in [2.45, 2.75) is 13.5 Å². The summed E-state index contributed by atoms with van der Waals surface area (Å²) in [7, 11) is -3.56. The Morgan fingerprint density at radius 1 is 1.19 bits per heavy atom. The Morgan fingerprint density at radius 3 is 2.78 bits per heavy atom. The maximum absolute atomic E-state index is 11.8. The van der Waals surface area contributed by atoms with Gasteiger partial charge in [0.1, 0.15) is 19.0 Å². The fourth-order valence-corrected chi connectivity index (χ4v) is 3.37. The van der Waals surface area contributed by atoms with Gasteiger partial charge in [0, 0.05) is 12.1 Å². The summed E-state index contributed by atoms with van der Waals surface area (Å²) in [5.74, 6) is 0.809. The molecular formula is C18H22N4O4S. The second-order valence-corrected chi connectivity index (χ2v) is 7.24. The van der Waals surface area contributed by atoms with Crippen LogP contribution in [0, 0.1) is 0 Å². The van der Waals surface area contributed by atoms with E-state index in [0.717, 1.165) is 17.0 Å². The molecule has 0 bridgehead atoms. The number of benzene rings is 2. The molecule has 0 aromatic heterocycles. The number of para-hydroxylation sites is 1.